The first kappa shape index (κ1) is 26.8. The van der Waals surface area contributed by atoms with Gasteiger partial charge in [0.1, 0.15) is 24.1 Å². The molecule has 0 aliphatic heterocycles. The lowest BCUT2D eigenvalue weighted by molar-refractivity contribution is -0.122. The number of ether oxygens (including phenoxy) is 2. The van der Waals surface area contributed by atoms with Crippen molar-refractivity contribution in [2.24, 2.45) is 0 Å². The molecule has 0 heterocycles. The maximum absolute atomic E-state index is 13.0. The summed E-state index contributed by atoms with van der Waals surface area (Å²) in [6.45, 7) is 8.55. The van der Waals surface area contributed by atoms with Crippen molar-refractivity contribution in [3.8, 4) is 11.5 Å². The quantitative estimate of drug-likeness (QED) is 0.493. The molecule has 0 saturated carbocycles. The highest BCUT2D eigenvalue weighted by atomic mass is 35.5. The molecule has 1 amide bonds. The number of benzene rings is 2. The zero-order valence-electron chi connectivity index (χ0n) is 20.0. The van der Waals surface area contributed by atoms with E-state index in [1.165, 1.54) is 13.2 Å². The molecule has 182 valence electrons. The predicted molar refractivity (Wildman–Crippen MR) is 133 cm³/mol. The zero-order valence-corrected chi connectivity index (χ0v) is 21.6. The number of methoxy groups -OCH3 is 1. The molecule has 1 atom stereocenters. The highest BCUT2D eigenvalue weighted by Gasteiger charge is 2.31. The van der Waals surface area contributed by atoms with Crippen LogP contribution in [0, 0.1) is 0 Å². The highest BCUT2D eigenvalue weighted by Crippen LogP contribution is 2.32. The van der Waals surface area contributed by atoms with Gasteiger partial charge in [-0.2, -0.15) is 0 Å². The fraction of sp³-hybridized carbons (Fsp3) is 0.458. The average Bonchev–Trinajstić information content (AvgIpc) is 2.73. The van der Waals surface area contributed by atoms with Gasteiger partial charge in [0.15, 0.2) is 0 Å². The summed E-state index contributed by atoms with van der Waals surface area (Å²) >= 11 is 6.19. The number of carbonyl (C=O) groups is 1. The van der Waals surface area contributed by atoms with Gasteiger partial charge in [0, 0.05) is 0 Å². The Labute approximate surface area is 202 Å². The first-order chi connectivity index (χ1) is 15.4. The SMILES string of the molecule is CC[C@@H](C(=O)NCCOc1ccccc1C(C)(C)C)N(c1ccc(OC)c(Cl)c1)S(C)(=O)=O. The van der Waals surface area contributed by atoms with Crippen molar-refractivity contribution in [1.29, 1.82) is 0 Å². The predicted octanol–water partition coefficient (Wildman–Crippen LogP) is 4.39. The van der Waals surface area contributed by atoms with Gasteiger partial charge in [-0.15, -0.1) is 0 Å². The van der Waals surface area contributed by atoms with Crippen LogP contribution in [0.2, 0.25) is 5.02 Å². The van der Waals surface area contributed by atoms with Crippen LogP contribution in [-0.2, 0) is 20.2 Å². The molecule has 0 aliphatic rings. The Balaban J connectivity index is 2.12. The van der Waals surface area contributed by atoms with Crippen molar-refractivity contribution in [3.05, 3.63) is 53.1 Å². The number of amides is 1. The molecule has 0 saturated heterocycles. The summed E-state index contributed by atoms with van der Waals surface area (Å²) in [7, 11) is -2.29. The van der Waals surface area contributed by atoms with E-state index in [1.54, 1.807) is 19.1 Å². The van der Waals surface area contributed by atoms with E-state index in [-0.39, 0.29) is 30.0 Å². The van der Waals surface area contributed by atoms with E-state index in [1.807, 2.05) is 24.3 Å². The van der Waals surface area contributed by atoms with Gasteiger partial charge in [-0.25, -0.2) is 8.42 Å². The van der Waals surface area contributed by atoms with Gasteiger partial charge in [-0.1, -0.05) is 57.5 Å². The summed E-state index contributed by atoms with van der Waals surface area (Å²) in [6, 6.07) is 11.5. The first-order valence-corrected chi connectivity index (χ1v) is 13.0. The topological polar surface area (TPSA) is 84.9 Å². The Hall–Kier alpha value is -2.45. The Morgan fingerprint density at radius 3 is 2.36 bits per heavy atom. The van der Waals surface area contributed by atoms with Crippen LogP contribution in [0.1, 0.15) is 39.7 Å². The van der Waals surface area contributed by atoms with Crippen LogP contribution in [0.5, 0.6) is 11.5 Å². The molecule has 0 aromatic heterocycles. The minimum atomic E-state index is -3.76. The van der Waals surface area contributed by atoms with Gasteiger partial charge in [-0.3, -0.25) is 9.10 Å². The molecule has 0 aliphatic carbocycles. The molecule has 0 bridgehead atoms. The molecule has 0 unspecified atom stereocenters. The first-order valence-electron chi connectivity index (χ1n) is 10.7. The molecule has 2 aromatic rings. The summed E-state index contributed by atoms with van der Waals surface area (Å²) in [6.07, 6.45) is 1.34. The summed E-state index contributed by atoms with van der Waals surface area (Å²) in [4.78, 5) is 13.0. The minimum absolute atomic E-state index is 0.0806. The molecular formula is C24H33ClN2O5S. The van der Waals surface area contributed by atoms with Crippen LogP contribution in [0.3, 0.4) is 0 Å². The van der Waals surface area contributed by atoms with Crippen LogP contribution in [0.4, 0.5) is 5.69 Å². The zero-order chi connectivity index (χ0) is 24.8. The van der Waals surface area contributed by atoms with Crippen molar-refractivity contribution in [1.82, 2.24) is 5.32 Å². The fourth-order valence-electron chi connectivity index (χ4n) is 3.52. The number of nitrogens with zero attached hydrogens (tertiary/aromatic N) is 1. The van der Waals surface area contributed by atoms with Crippen LogP contribution in [0.25, 0.3) is 0 Å². The lowest BCUT2D eigenvalue weighted by atomic mass is 9.86. The van der Waals surface area contributed by atoms with Gasteiger partial charge in [-0.05, 0) is 41.7 Å². The smallest absolute Gasteiger partial charge is 0.244 e. The third-order valence-corrected chi connectivity index (χ3v) is 6.55. The summed E-state index contributed by atoms with van der Waals surface area (Å²) < 4.78 is 37.3. The van der Waals surface area contributed by atoms with E-state index >= 15 is 0 Å². The Bertz CT molecular complexity index is 1070. The van der Waals surface area contributed by atoms with Crippen molar-refractivity contribution in [2.45, 2.75) is 45.6 Å². The third kappa shape index (κ3) is 7.01. The summed E-state index contributed by atoms with van der Waals surface area (Å²) in [5.41, 5.74) is 1.28. The van der Waals surface area contributed by atoms with E-state index in [0.717, 1.165) is 21.9 Å². The summed E-state index contributed by atoms with van der Waals surface area (Å²) in [5.74, 6) is 0.763. The number of carbonyl (C=O) groups excluding carboxylic acids is 1. The van der Waals surface area contributed by atoms with Gasteiger partial charge in [0.05, 0.1) is 30.6 Å². The van der Waals surface area contributed by atoms with Gasteiger partial charge in [0.2, 0.25) is 15.9 Å². The Morgan fingerprint density at radius 1 is 1.15 bits per heavy atom. The Kier molecular flexibility index (Phi) is 9.03. The second-order valence-electron chi connectivity index (χ2n) is 8.69. The van der Waals surface area contributed by atoms with E-state index in [0.29, 0.717) is 11.4 Å². The number of para-hydroxylation sites is 1. The second-order valence-corrected chi connectivity index (χ2v) is 11.0. The van der Waals surface area contributed by atoms with Crippen LogP contribution in [-0.4, -0.2) is 46.9 Å². The van der Waals surface area contributed by atoms with Gasteiger partial charge in [0.25, 0.3) is 0 Å². The summed E-state index contributed by atoms with van der Waals surface area (Å²) in [5, 5.41) is 3.05. The number of rotatable bonds is 10. The second kappa shape index (κ2) is 11.1. The number of nitrogens with one attached hydrogen (secondary N) is 1. The van der Waals surface area contributed by atoms with Crippen LogP contribution >= 0.6 is 11.6 Å². The normalized spacial score (nSPS) is 12.7. The molecule has 0 spiro atoms. The van der Waals surface area contributed by atoms with Crippen molar-refractivity contribution < 1.29 is 22.7 Å². The maximum atomic E-state index is 13.0. The molecule has 9 heteroatoms. The molecular weight excluding hydrogens is 464 g/mol. The molecule has 2 aromatic carbocycles. The highest BCUT2D eigenvalue weighted by molar-refractivity contribution is 7.92. The number of hydrogen-bond acceptors (Lipinski definition) is 5. The fourth-order valence-corrected chi connectivity index (χ4v) is 4.97. The Morgan fingerprint density at radius 2 is 1.82 bits per heavy atom. The largest absolute Gasteiger partial charge is 0.495 e. The van der Waals surface area contributed by atoms with E-state index in [9.17, 15) is 13.2 Å². The van der Waals surface area contributed by atoms with E-state index in [4.69, 9.17) is 21.1 Å². The van der Waals surface area contributed by atoms with Gasteiger partial charge < -0.3 is 14.8 Å². The third-order valence-electron chi connectivity index (χ3n) is 5.07. The van der Waals surface area contributed by atoms with Crippen LogP contribution < -0.4 is 19.1 Å². The van der Waals surface area contributed by atoms with Crippen molar-refractivity contribution in [2.75, 3.05) is 30.8 Å². The monoisotopic (exact) mass is 496 g/mol. The molecule has 1 N–H and O–H groups in total. The standard InChI is InChI=1S/C24H33ClN2O5S/c1-7-20(27(33(6,29)30)17-12-13-22(31-5)19(25)16-17)23(28)26-14-15-32-21-11-9-8-10-18(21)24(2,3)4/h8-13,16,20H,7,14-15H2,1-6H3,(H,26,28)/t20-/m0/s1. The number of sulfonamides is 1. The van der Waals surface area contributed by atoms with Crippen LogP contribution in [0.15, 0.2) is 42.5 Å². The molecule has 7 nitrogen and oxygen atoms in total. The molecule has 2 rings (SSSR count). The average molecular weight is 497 g/mol. The maximum Gasteiger partial charge on any atom is 0.244 e. The minimum Gasteiger partial charge on any atom is -0.495 e. The molecule has 33 heavy (non-hydrogen) atoms. The number of halogens is 1. The lowest BCUT2D eigenvalue weighted by Crippen LogP contribution is -2.50. The number of hydrogen-bond donors (Lipinski definition) is 1. The lowest BCUT2D eigenvalue weighted by Gasteiger charge is -2.30. The van der Waals surface area contributed by atoms with Gasteiger partial charge >= 0.3 is 0 Å². The molecule has 0 radical (unpaired) electrons. The van der Waals surface area contributed by atoms with Crippen molar-refractivity contribution >= 4 is 33.2 Å². The number of anilines is 1. The van der Waals surface area contributed by atoms with E-state index in [2.05, 4.69) is 26.1 Å². The molecule has 0 fully saturated rings. The van der Waals surface area contributed by atoms with E-state index < -0.39 is 22.0 Å². The van der Waals surface area contributed by atoms with Crippen molar-refractivity contribution in [3.63, 3.8) is 0 Å².